The van der Waals surface area contributed by atoms with E-state index in [2.05, 4.69) is 266 Å². The lowest BCUT2D eigenvalue weighted by molar-refractivity contribution is 0.668. The highest BCUT2D eigenvalue weighted by atomic mass is 16.3. The minimum Gasteiger partial charge on any atom is -0.454 e. The topological polar surface area (TPSA) is 32.8 Å². The van der Waals surface area contributed by atoms with Gasteiger partial charge in [0.15, 0.2) is 11.2 Å². The molecular weight excluding hydrogens is 961 g/mol. The largest absolute Gasteiger partial charge is 0.454 e. The highest BCUT2D eigenvalue weighted by Crippen LogP contribution is 2.66. The minimum atomic E-state index is -0.641. The van der Waals surface area contributed by atoms with Crippen LogP contribution in [0.15, 0.2) is 264 Å². The molecule has 0 saturated carbocycles. The molecule has 4 nitrogen and oxygen atoms in total. The third kappa shape index (κ3) is 6.20. The average molecular weight is 1010 g/mol. The summed E-state index contributed by atoms with van der Waals surface area (Å²) in [4.78, 5) is 4.75. The maximum Gasteiger partial charge on any atom is 0.159 e. The fourth-order valence-electron chi connectivity index (χ4n) is 14.0. The molecule has 370 valence electrons. The molecule has 0 radical (unpaired) electrons. The summed E-state index contributed by atoms with van der Waals surface area (Å²) >= 11 is 0. The molecule has 2 aliphatic rings. The van der Waals surface area contributed by atoms with Crippen molar-refractivity contribution < 1.29 is 8.83 Å². The standard InChI is InChI=1S/C75H48N2O2/c1-45-15-11-18-51(39-45)76(67-27-13-24-60-57-21-6-9-29-69(57)78-73(60)67)53-34-31-48-43-63-59-36-32-49-41-54(77(52-19-12-16-46(2)40-52)68-28-14-25-61-58-22-7-10-30-70(58)79-74(61)68)35-37-56(49)72(59)75(66(63)44-50(48)42-53)64-26-8-5-23-62(64)71-55-20-4-3-17-47(55)33-38-65(71)75/h3-44H,1-2H3. The number of aryl methyl sites for hydroxylation is 2. The second kappa shape index (κ2) is 16.4. The molecule has 79 heavy (non-hydrogen) atoms. The lowest BCUT2D eigenvalue weighted by atomic mass is 9.69. The number of nitrogens with zero attached hydrogens (tertiary/aromatic N) is 2. The number of furan rings is 2. The Morgan fingerprint density at radius 3 is 1.53 bits per heavy atom. The average Bonchev–Trinajstić information content (AvgIpc) is 2.73. The summed E-state index contributed by atoms with van der Waals surface area (Å²) in [5, 5.41) is 11.7. The van der Waals surface area contributed by atoms with Crippen LogP contribution in [0.5, 0.6) is 0 Å². The zero-order valence-corrected chi connectivity index (χ0v) is 43.5. The Balaban J connectivity index is 0.917. The van der Waals surface area contributed by atoms with Crippen LogP contribution in [-0.4, -0.2) is 0 Å². The van der Waals surface area contributed by atoms with E-state index in [-0.39, 0.29) is 0 Å². The number of para-hydroxylation sites is 4. The van der Waals surface area contributed by atoms with Gasteiger partial charge in [-0.15, -0.1) is 0 Å². The van der Waals surface area contributed by atoms with Crippen LogP contribution in [0.4, 0.5) is 34.1 Å². The summed E-state index contributed by atoms with van der Waals surface area (Å²) in [5.41, 5.74) is 21.8. The number of anilines is 6. The molecule has 13 aromatic carbocycles. The van der Waals surface area contributed by atoms with Crippen molar-refractivity contribution in [3.63, 3.8) is 0 Å². The Morgan fingerprint density at radius 2 is 0.848 bits per heavy atom. The van der Waals surface area contributed by atoms with Crippen molar-refractivity contribution in [2.45, 2.75) is 19.3 Å². The number of hydrogen-bond donors (Lipinski definition) is 0. The second-order valence-electron chi connectivity index (χ2n) is 21.7. The van der Waals surface area contributed by atoms with E-state index in [1.165, 1.54) is 88.0 Å². The molecule has 0 saturated heterocycles. The summed E-state index contributed by atoms with van der Waals surface area (Å²) in [5.74, 6) is 0. The summed E-state index contributed by atoms with van der Waals surface area (Å²) in [7, 11) is 0. The second-order valence-corrected chi connectivity index (χ2v) is 21.7. The highest BCUT2D eigenvalue weighted by molar-refractivity contribution is 6.14. The lowest BCUT2D eigenvalue weighted by Crippen LogP contribution is -2.26. The molecule has 4 heteroatoms. The van der Waals surface area contributed by atoms with E-state index >= 15 is 0 Å². The number of benzene rings is 13. The minimum absolute atomic E-state index is 0.641. The SMILES string of the molecule is Cc1cccc(N(c2ccc3cc4c(cc3c2)C2(c3ccccc3-c3c2ccc2ccccc32)c2c-4ccc3cc(N(c4cccc(C)c4)c4cccc5c4oc4ccccc45)ccc23)c2cccc3c2oc2ccccc23)c1. The predicted molar refractivity (Wildman–Crippen MR) is 329 cm³/mol. The lowest BCUT2D eigenvalue weighted by Gasteiger charge is -2.32. The smallest absolute Gasteiger partial charge is 0.159 e. The molecule has 17 rings (SSSR count). The van der Waals surface area contributed by atoms with Gasteiger partial charge in [0.2, 0.25) is 0 Å². The van der Waals surface area contributed by atoms with Gasteiger partial charge in [-0.25, -0.2) is 0 Å². The zero-order valence-electron chi connectivity index (χ0n) is 43.5. The first-order chi connectivity index (χ1) is 39.0. The molecule has 0 aliphatic heterocycles. The van der Waals surface area contributed by atoms with Crippen LogP contribution in [0, 0.1) is 13.8 Å². The van der Waals surface area contributed by atoms with Gasteiger partial charge in [0.05, 0.1) is 16.8 Å². The molecular formula is C75H48N2O2. The predicted octanol–water partition coefficient (Wildman–Crippen LogP) is 20.8. The van der Waals surface area contributed by atoms with E-state index in [9.17, 15) is 0 Å². The number of fused-ring (bicyclic) bond motifs is 21. The molecule has 2 aromatic heterocycles. The maximum atomic E-state index is 6.77. The van der Waals surface area contributed by atoms with Gasteiger partial charge in [-0.2, -0.15) is 0 Å². The van der Waals surface area contributed by atoms with E-state index in [1.54, 1.807) is 0 Å². The van der Waals surface area contributed by atoms with Gasteiger partial charge in [-0.3, -0.25) is 0 Å². The van der Waals surface area contributed by atoms with Gasteiger partial charge < -0.3 is 18.6 Å². The zero-order chi connectivity index (χ0) is 52.1. The van der Waals surface area contributed by atoms with Crippen molar-refractivity contribution in [2.24, 2.45) is 0 Å². The van der Waals surface area contributed by atoms with Crippen LogP contribution < -0.4 is 9.80 Å². The normalized spacial score (nSPS) is 14.3. The molecule has 2 aliphatic carbocycles. The van der Waals surface area contributed by atoms with Gasteiger partial charge >= 0.3 is 0 Å². The number of hydrogen-bond acceptors (Lipinski definition) is 4. The maximum absolute atomic E-state index is 6.77. The Kier molecular flexibility index (Phi) is 9.15. The van der Waals surface area contributed by atoms with Crippen molar-refractivity contribution in [3.8, 4) is 22.3 Å². The monoisotopic (exact) mass is 1010 g/mol. The molecule has 1 atom stereocenters. The fraction of sp³-hybridized carbons (Fsp3) is 0.0400. The van der Waals surface area contributed by atoms with Crippen LogP contribution in [-0.2, 0) is 5.41 Å². The van der Waals surface area contributed by atoms with Crippen molar-refractivity contribution >= 4 is 110 Å². The van der Waals surface area contributed by atoms with Crippen molar-refractivity contribution in [3.05, 3.63) is 288 Å². The quantitative estimate of drug-likeness (QED) is 0.166. The Bertz CT molecular complexity index is 5100. The number of rotatable bonds is 6. The third-order valence-corrected chi connectivity index (χ3v) is 17.3. The van der Waals surface area contributed by atoms with Gasteiger partial charge in [0.1, 0.15) is 11.2 Å². The Morgan fingerprint density at radius 1 is 0.304 bits per heavy atom. The summed E-state index contributed by atoms with van der Waals surface area (Å²) in [6, 6.07) is 94.1. The first-order valence-corrected chi connectivity index (χ1v) is 27.3. The van der Waals surface area contributed by atoms with Crippen LogP contribution >= 0.6 is 0 Å². The van der Waals surface area contributed by atoms with Crippen molar-refractivity contribution in [1.29, 1.82) is 0 Å². The summed E-state index contributed by atoms with van der Waals surface area (Å²) < 4.78 is 13.5. The molecule has 1 spiro atoms. The van der Waals surface area contributed by atoms with Crippen LogP contribution in [0.1, 0.15) is 33.4 Å². The summed E-state index contributed by atoms with van der Waals surface area (Å²) in [6.07, 6.45) is 0. The van der Waals surface area contributed by atoms with Crippen LogP contribution in [0.2, 0.25) is 0 Å². The molecule has 0 N–H and O–H groups in total. The van der Waals surface area contributed by atoms with Gasteiger partial charge in [-0.1, -0.05) is 170 Å². The summed E-state index contributed by atoms with van der Waals surface area (Å²) in [6.45, 7) is 4.33. The first-order valence-electron chi connectivity index (χ1n) is 27.3. The third-order valence-electron chi connectivity index (χ3n) is 17.3. The molecule has 1 unspecified atom stereocenters. The molecule has 0 fully saturated rings. The van der Waals surface area contributed by atoms with E-state index in [0.29, 0.717) is 0 Å². The van der Waals surface area contributed by atoms with Crippen LogP contribution in [0.25, 0.3) is 98.4 Å². The molecule has 2 heterocycles. The van der Waals surface area contributed by atoms with Gasteiger partial charge in [-0.05, 0) is 187 Å². The molecule has 0 amide bonds. The fourth-order valence-corrected chi connectivity index (χ4v) is 14.0. The van der Waals surface area contributed by atoms with Gasteiger partial charge in [0, 0.05) is 44.3 Å². The van der Waals surface area contributed by atoms with Crippen LogP contribution in [0.3, 0.4) is 0 Å². The highest BCUT2D eigenvalue weighted by Gasteiger charge is 2.53. The van der Waals surface area contributed by atoms with E-state index in [0.717, 1.165) is 78.0 Å². The molecule has 15 aromatic rings. The van der Waals surface area contributed by atoms with E-state index < -0.39 is 5.41 Å². The van der Waals surface area contributed by atoms with Crippen molar-refractivity contribution in [1.82, 2.24) is 0 Å². The Hall–Kier alpha value is -10.2. The first kappa shape index (κ1) is 44.0. The molecule has 0 bridgehead atoms. The van der Waals surface area contributed by atoms with Gasteiger partial charge in [0.25, 0.3) is 0 Å². The van der Waals surface area contributed by atoms with E-state index in [1.807, 2.05) is 12.1 Å². The van der Waals surface area contributed by atoms with Crippen molar-refractivity contribution in [2.75, 3.05) is 9.80 Å². The van der Waals surface area contributed by atoms with E-state index in [4.69, 9.17) is 8.83 Å². The Labute approximate surface area is 456 Å².